The van der Waals surface area contributed by atoms with E-state index in [4.69, 9.17) is 10.3 Å². The van der Waals surface area contributed by atoms with E-state index in [1.807, 2.05) is 0 Å². The van der Waals surface area contributed by atoms with Crippen LogP contribution in [-0.4, -0.2) is 34.0 Å². The SMILES string of the molecule is NCc1nc(CN2CCC(C(=O)Nc3cccc(F)c3)CC2)no1. The van der Waals surface area contributed by atoms with Gasteiger partial charge >= 0.3 is 0 Å². The third kappa shape index (κ3) is 4.15. The minimum atomic E-state index is -0.362. The van der Waals surface area contributed by atoms with Gasteiger partial charge in [0.1, 0.15) is 5.82 Å². The summed E-state index contributed by atoms with van der Waals surface area (Å²) in [6.07, 6.45) is 1.48. The summed E-state index contributed by atoms with van der Waals surface area (Å²) >= 11 is 0. The van der Waals surface area contributed by atoms with Crippen LogP contribution in [0.3, 0.4) is 0 Å². The van der Waals surface area contributed by atoms with Crippen molar-refractivity contribution in [3.05, 3.63) is 41.8 Å². The molecule has 1 aromatic carbocycles. The van der Waals surface area contributed by atoms with E-state index in [9.17, 15) is 9.18 Å². The van der Waals surface area contributed by atoms with Crippen molar-refractivity contribution < 1.29 is 13.7 Å². The Morgan fingerprint density at radius 3 is 2.88 bits per heavy atom. The first-order chi connectivity index (χ1) is 11.6. The molecule has 0 bridgehead atoms. The Labute approximate surface area is 139 Å². The molecule has 7 nitrogen and oxygen atoms in total. The normalized spacial score (nSPS) is 16.2. The largest absolute Gasteiger partial charge is 0.338 e. The van der Waals surface area contributed by atoms with Gasteiger partial charge in [0.15, 0.2) is 5.82 Å². The average molecular weight is 333 g/mol. The zero-order valence-corrected chi connectivity index (χ0v) is 13.2. The second kappa shape index (κ2) is 7.50. The quantitative estimate of drug-likeness (QED) is 0.861. The summed E-state index contributed by atoms with van der Waals surface area (Å²) in [5.41, 5.74) is 5.93. The van der Waals surface area contributed by atoms with E-state index in [0.29, 0.717) is 23.9 Å². The van der Waals surface area contributed by atoms with Crippen molar-refractivity contribution in [3.63, 3.8) is 0 Å². The fourth-order valence-corrected chi connectivity index (χ4v) is 2.80. The molecule has 128 valence electrons. The van der Waals surface area contributed by atoms with Crippen LogP contribution in [0.5, 0.6) is 0 Å². The molecule has 1 amide bonds. The Morgan fingerprint density at radius 2 is 2.21 bits per heavy atom. The number of anilines is 1. The topological polar surface area (TPSA) is 97.3 Å². The Hall–Kier alpha value is -2.32. The highest BCUT2D eigenvalue weighted by Crippen LogP contribution is 2.21. The number of hydrogen-bond donors (Lipinski definition) is 2. The van der Waals surface area contributed by atoms with Crippen LogP contribution in [0.4, 0.5) is 10.1 Å². The molecule has 0 atom stereocenters. The molecule has 1 aliphatic heterocycles. The van der Waals surface area contributed by atoms with Crippen molar-refractivity contribution >= 4 is 11.6 Å². The summed E-state index contributed by atoms with van der Waals surface area (Å²) in [6, 6.07) is 5.93. The Morgan fingerprint density at radius 1 is 1.42 bits per heavy atom. The number of rotatable bonds is 5. The molecule has 24 heavy (non-hydrogen) atoms. The molecule has 0 saturated carbocycles. The van der Waals surface area contributed by atoms with Crippen LogP contribution >= 0.6 is 0 Å². The highest BCUT2D eigenvalue weighted by molar-refractivity contribution is 5.92. The standard InChI is InChI=1S/C16H20FN5O2/c17-12-2-1-3-13(8-12)19-16(23)11-4-6-22(7-5-11)10-14-20-15(9-18)24-21-14/h1-3,8,11H,4-7,9-10,18H2,(H,19,23). The number of nitrogens with two attached hydrogens (primary N) is 1. The number of piperidine rings is 1. The minimum absolute atomic E-state index is 0.0646. The minimum Gasteiger partial charge on any atom is -0.338 e. The van der Waals surface area contributed by atoms with Gasteiger partial charge < -0.3 is 15.6 Å². The highest BCUT2D eigenvalue weighted by Gasteiger charge is 2.25. The van der Waals surface area contributed by atoms with Gasteiger partial charge in [-0.15, -0.1) is 0 Å². The van der Waals surface area contributed by atoms with E-state index < -0.39 is 0 Å². The molecule has 1 fully saturated rings. The Balaban J connectivity index is 1.48. The molecule has 0 radical (unpaired) electrons. The predicted molar refractivity (Wildman–Crippen MR) is 85.2 cm³/mol. The summed E-state index contributed by atoms with van der Waals surface area (Å²) < 4.78 is 18.1. The summed E-state index contributed by atoms with van der Waals surface area (Å²) in [6.45, 7) is 2.36. The van der Waals surface area contributed by atoms with Gasteiger partial charge in [-0.2, -0.15) is 4.98 Å². The van der Waals surface area contributed by atoms with E-state index >= 15 is 0 Å². The van der Waals surface area contributed by atoms with Gasteiger partial charge in [0.2, 0.25) is 11.8 Å². The highest BCUT2D eigenvalue weighted by atomic mass is 19.1. The van der Waals surface area contributed by atoms with Crippen molar-refractivity contribution in [1.82, 2.24) is 15.0 Å². The molecule has 3 rings (SSSR count). The predicted octanol–water partition coefficient (Wildman–Crippen LogP) is 1.52. The molecule has 2 heterocycles. The van der Waals surface area contributed by atoms with Crippen LogP contribution in [0.2, 0.25) is 0 Å². The Kier molecular flexibility index (Phi) is 5.17. The number of amides is 1. The lowest BCUT2D eigenvalue weighted by molar-refractivity contribution is -0.121. The van der Waals surface area contributed by atoms with E-state index in [1.165, 1.54) is 12.1 Å². The van der Waals surface area contributed by atoms with Crippen LogP contribution in [0.1, 0.15) is 24.6 Å². The fraction of sp³-hybridized carbons (Fsp3) is 0.438. The maximum absolute atomic E-state index is 13.2. The van der Waals surface area contributed by atoms with Crippen LogP contribution < -0.4 is 11.1 Å². The number of nitrogens with zero attached hydrogens (tertiary/aromatic N) is 3. The van der Waals surface area contributed by atoms with Crippen molar-refractivity contribution in [3.8, 4) is 0 Å². The van der Waals surface area contributed by atoms with E-state index in [2.05, 4.69) is 20.4 Å². The van der Waals surface area contributed by atoms with Crippen molar-refractivity contribution in [1.29, 1.82) is 0 Å². The molecule has 0 spiro atoms. The zero-order chi connectivity index (χ0) is 16.9. The number of benzene rings is 1. The number of hydrogen-bond acceptors (Lipinski definition) is 6. The van der Waals surface area contributed by atoms with Crippen LogP contribution in [-0.2, 0) is 17.9 Å². The van der Waals surface area contributed by atoms with Gasteiger partial charge in [-0.1, -0.05) is 11.2 Å². The monoisotopic (exact) mass is 333 g/mol. The summed E-state index contributed by atoms with van der Waals surface area (Å²) in [5.74, 6) is 0.534. The van der Waals surface area contributed by atoms with Gasteiger partial charge in [0, 0.05) is 11.6 Å². The summed E-state index contributed by atoms with van der Waals surface area (Å²) in [4.78, 5) is 18.6. The fourth-order valence-electron chi connectivity index (χ4n) is 2.80. The molecule has 3 N–H and O–H groups in total. The van der Waals surface area contributed by atoms with Crippen molar-refractivity contribution in [2.45, 2.75) is 25.9 Å². The first kappa shape index (κ1) is 16.5. The number of carbonyl (C=O) groups is 1. The average Bonchev–Trinajstić information content (AvgIpc) is 3.03. The summed E-state index contributed by atoms with van der Waals surface area (Å²) in [7, 11) is 0. The van der Waals surface area contributed by atoms with Gasteiger partial charge in [0.25, 0.3) is 0 Å². The molecule has 1 saturated heterocycles. The Bertz CT molecular complexity index is 697. The van der Waals surface area contributed by atoms with Gasteiger partial charge in [-0.05, 0) is 44.1 Å². The van der Waals surface area contributed by atoms with Crippen LogP contribution in [0.25, 0.3) is 0 Å². The smallest absolute Gasteiger partial charge is 0.240 e. The maximum atomic E-state index is 13.2. The molecule has 0 aliphatic carbocycles. The first-order valence-electron chi connectivity index (χ1n) is 7.94. The second-order valence-corrected chi connectivity index (χ2v) is 5.86. The lowest BCUT2D eigenvalue weighted by Crippen LogP contribution is -2.38. The molecular formula is C16H20FN5O2. The zero-order valence-electron chi connectivity index (χ0n) is 13.2. The van der Waals surface area contributed by atoms with E-state index in [0.717, 1.165) is 25.9 Å². The molecule has 1 aromatic heterocycles. The third-order valence-corrected chi connectivity index (χ3v) is 4.10. The van der Waals surface area contributed by atoms with Crippen LogP contribution in [0, 0.1) is 11.7 Å². The third-order valence-electron chi connectivity index (χ3n) is 4.10. The van der Waals surface area contributed by atoms with Gasteiger partial charge in [0.05, 0.1) is 13.1 Å². The molecular weight excluding hydrogens is 313 g/mol. The van der Waals surface area contributed by atoms with Gasteiger partial charge in [-0.25, -0.2) is 4.39 Å². The van der Waals surface area contributed by atoms with E-state index in [1.54, 1.807) is 12.1 Å². The number of carbonyl (C=O) groups excluding carboxylic acids is 1. The number of halogens is 1. The molecule has 0 unspecified atom stereocenters. The maximum Gasteiger partial charge on any atom is 0.240 e. The lowest BCUT2D eigenvalue weighted by atomic mass is 9.96. The number of aromatic nitrogens is 2. The van der Waals surface area contributed by atoms with Crippen molar-refractivity contribution in [2.75, 3.05) is 18.4 Å². The number of likely N-dealkylation sites (tertiary alicyclic amines) is 1. The molecule has 8 heteroatoms. The first-order valence-corrected chi connectivity index (χ1v) is 7.94. The summed E-state index contributed by atoms with van der Waals surface area (Å²) in [5, 5.41) is 6.65. The lowest BCUT2D eigenvalue weighted by Gasteiger charge is -2.30. The second-order valence-electron chi connectivity index (χ2n) is 5.86. The molecule has 1 aliphatic rings. The van der Waals surface area contributed by atoms with Crippen molar-refractivity contribution in [2.24, 2.45) is 11.7 Å². The van der Waals surface area contributed by atoms with Crippen LogP contribution in [0.15, 0.2) is 28.8 Å². The van der Waals surface area contributed by atoms with E-state index in [-0.39, 0.29) is 24.2 Å². The number of nitrogens with one attached hydrogen (secondary N) is 1. The van der Waals surface area contributed by atoms with Gasteiger partial charge in [-0.3, -0.25) is 9.69 Å². The molecule has 2 aromatic rings.